The zero-order valence-electron chi connectivity index (χ0n) is 6.75. The lowest BCUT2D eigenvalue weighted by Gasteiger charge is -2.11. The SMILES string of the molecule is CC(O)c1c(O)c(O)cc(Br)c1F. The van der Waals surface area contributed by atoms with E-state index in [1.807, 2.05) is 0 Å². The van der Waals surface area contributed by atoms with Crippen molar-refractivity contribution in [1.82, 2.24) is 0 Å². The molecule has 3 N–H and O–H groups in total. The first kappa shape index (κ1) is 10.3. The molecular weight excluding hydrogens is 243 g/mol. The standard InChI is InChI=1S/C8H8BrFO3/c1-3(11)6-7(10)4(9)2-5(12)8(6)13/h2-3,11-13H,1H3. The van der Waals surface area contributed by atoms with Gasteiger partial charge >= 0.3 is 0 Å². The van der Waals surface area contributed by atoms with Crippen molar-refractivity contribution >= 4 is 15.9 Å². The molecule has 0 aliphatic carbocycles. The van der Waals surface area contributed by atoms with Crippen molar-refractivity contribution in [1.29, 1.82) is 0 Å². The van der Waals surface area contributed by atoms with E-state index in [1.165, 1.54) is 6.92 Å². The number of aromatic hydroxyl groups is 2. The number of rotatable bonds is 1. The summed E-state index contributed by atoms with van der Waals surface area (Å²) in [5.74, 6) is -1.87. The lowest BCUT2D eigenvalue weighted by Crippen LogP contribution is -1.97. The van der Waals surface area contributed by atoms with Crippen LogP contribution in [0.5, 0.6) is 11.5 Å². The number of halogens is 2. The Morgan fingerprint density at radius 2 is 2.00 bits per heavy atom. The van der Waals surface area contributed by atoms with Gasteiger partial charge in [0.25, 0.3) is 0 Å². The molecule has 1 aromatic rings. The summed E-state index contributed by atoms with van der Waals surface area (Å²) in [4.78, 5) is 0. The topological polar surface area (TPSA) is 60.7 Å². The Balaban J connectivity index is 3.46. The molecule has 0 saturated carbocycles. The van der Waals surface area contributed by atoms with Crippen molar-refractivity contribution in [3.63, 3.8) is 0 Å². The molecular formula is C8H8BrFO3. The maximum Gasteiger partial charge on any atom is 0.166 e. The number of aliphatic hydroxyl groups excluding tert-OH is 1. The third-order valence-electron chi connectivity index (χ3n) is 1.63. The molecule has 0 amide bonds. The highest BCUT2D eigenvalue weighted by Crippen LogP contribution is 2.38. The Morgan fingerprint density at radius 1 is 1.46 bits per heavy atom. The summed E-state index contributed by atoms with van der Waals surface area (Å²) in [6.07, 6.45) is -1.18. The number of phenols is 2. The maximum atomic E-state index is 13.2. The van der Waals surface area contributed by atoms with Crippen LogP contribution in [0.25, 0.3) is 0 Å². The second-order valence-corrected chi connectivity index (χ2v) is 3.48. The van der Waals surface area contributed by atoms with Crippen LogP contribution in [0.4, 0.5) is 4.39 Å². The number of benzene rings is 1. The van der Waals surface area contributed by atoms with Gasteiger partial charge in [0, 0.05) is 6.07 Å². The summed E-state index contributed by atoms with van der Waals surface area (Å²) >= 11 is 2.84. The molecule has 0 heterocycles. The molecule has 0 saturated heterocycles. The fourth-order valence-electron chi connectivity index (χ4n) is 1.00. The second kappa shape index (κ2) is 3.51. The van der Waals surface area contributed by atoms with Crippen LogP contribution >= 0.6 is 15.9 Å². The first-order valence-corrected chi connectivity index (χ1v) is 4.32. The van der Waals surface area contributed by atoms with Crippen LogP contribution in [0, 0.1) is 5.82 Å². The van der Waals surface area contributed by atoms with Crippen molar-refractivity contribution in [3.8, 4) is 11.5 Å². The number of hydrogen-bond donors (Lipinski definition) is 3. The molecule has 0 spiro atoms. The van der Waals surface area contributed by atoms with E-state index in [0.717, 1.165) is 6.07 Å². The minimum Gasteiger partial charge on any atom is -0.504 e. The minimum absolute atomic E-state index is 0.00120. The number of phenolic OH excluding ortho intramolecular Hbond substituents is 2. The molecule has 1 aromatic carbocycles. The molecule has 5 heteroatoms. The minimum atomic E-state index is -1.18. The van der Waals surface area contributed by atoms with E-state index in [1.54, 1.807) is 0 Å². The highest BCUT2D eigenvalue weighted by molar-refractivity contribution is 9.10. The van der Waals surface area contributed by atoms with Crippen molar-refractivity contribution in [2.45, 2.75) is 13.0 Å². The van der Waals surface area contributed by atoms with Gasteiger partial charge in [-0.25, -0.2) is 4.39 Å². The first-order valence-electron chi connectivity index (χ1n) is 3.53. The highest BCUT2D eigenvalue weighted by atomic mass is 79.9. The molecule has 0 bridgehead atoms. The van der Waals surface area contributed by atoms with E-state index in [2.05, 4.69) is 15.9 Å². The zero-order valence-corrected chi connectivity index (χ0v) is 8.34. The molecule has 0 aliphatic heterocycles. The van der Waals surface area contributed by atoms with Crippen molar-refractivity contribution in [2.24, 2.45) is 0 Å². The van der Waals surface area contributed by atoms with Gasteiger partial charge < -0.3 is 15.3 Å². The number of aliphatic hydroxyl groups is 1. The lowest BCUT2D eigenvalue weighted by molar-refractivity contribution is 0.188. The second-order valence-electron chi connectivity index (χ2n) is 2.63. The van der Waals surface area contributed by atoms with Gasteiger partial charge in [-0.1, -0.05) is 0 Å². The van der Waals surface area contributed by atoms with E-state index in [0.29, 0.717) is 0 Å². The molecule has 0 aromatic heterocycles. The third kappa shape index (κ3) is 1.76. The van der Waals surface area contributed by atoms with Crippen molar-refractivity contribution in [2.75, 3.05) is 0 Å². The molecule has 1 unspecified atom stereocenters. The Kier molecular flexibility index (Phi) is 2.77. The molecule has 3 nitrogen and oxygen atoms in total. The van der Waals surface area contributed by atoms with Crippen LogP contribution in [0.3, 0.4) is 0 Å². The van der Waals surface area contributed by atoms with Gasteiger partial charge in [-0.05, 0) is 22.9 Å². The van der Waals surface area contributed by atoms with E-state index < -0.39 is 23.4 Å². The van der Waals surface area contributed by atoms with Crippen LogP contribution < -0.4 is 0 Å². The number of hydrogen-bond acceptors (Lipinski definition) is 3. The Morgan fingerprint density at radius 3 is 2.46 bits per heavy atom. The molecule has 72 valence electrons. The average molecular weight is 251 g/mol. The van der Waals surface area contributed by atoms with Gasteiger partial charge in [0.15, 0.2) is 11.5 Å². The van der Waals surface area contributed by atoms with Crippen LogP contribution in [0.1, 0.15) is 18.6 Å². The summed E-state index contributed by atoms with van der Waals surface area (Å²) in [6, 6.07) is 1.02. The normalized spacial score (nSPS) is 12.9. The lowest BCUT2D eigenvalue weighted by atomic mass is 10.1. The largest absolute Gasteiger partial charge is 0.504 e. The van der Waals surface area contributed by atoms with Gasteiger partial charge in [-0.2, -0.15) is 0 Å². The van der Waals surface area contributed by atoms with Crippen LogP contribution in [0.2, 0.25) is 0 Å². The molecule has 1 atom stereocenters. The summed E-state index contributed by atoms with van der Waals surface area (Å²) in [7, 11) is 0. The van der Waals surface area contributed by atoms with Crippen molar-refractivity contribution < 1.29 is 19.7 Å². The van der Waals surface area contributed by atoms with Crippen molar-refractivity contribution in [3.05, 3.63) is 21.9 Å². The fourth-order valence-corrected chi connectivity index (χ4v) is 1.43. The Bertz CT molecular complexity index is 312. The van der Waals surface area contributed by atoms with Gasteiger partial charge in [-0.3, -0.25) is 0 Å². The summed E-state index contributed by atoms with van der Waals surface area (Å²) in [5.41, 5.74) is -0.313. The van der Waals surface area contributed by atoms with E-state index in [9.17, 15) is 9.50 Å². The fraction of sp³-hybridized carbons (Fsp3) is 0.250. The quantitative estimate of drug-likeness (QED) is 0.669. The molecule has 0 fully saturated rings. The first-order chi connectivity index (χ1) is 5.95. The van der Waals surface area contributed by atoms with Gasteiger partial charge in [0.2, 0.25) is 0 Å². The molecule has 0 aliphatic rings. The van der Waals surface area contributed by atoms with Crippen LogP contribution in [-0.2, 0) is 0 Å². The summed E-state index contributed by atoms with van der Waals surface area (Å²) in [6.45, 7) is 1.30. The third-order valence-corrected chi connectivity index (χ3v) is 2.20. The van der Waals surface area contributed by atoms with E-state index in [-0.39, 0.29) is 10.0 Å². The van der Waals surface area contributed by atoms with Gasteiger partial charge in [0.1, 0.15) is 5.82 Å². The van der Waals surface area contributed by atoms with Crippen LogP contribution in [0.15, 0.2) is 10.5 Å². The Hall–Kier alpha value is -0.810. The summed E-state index contributed by atoms with van der Waals surface area (Å²) in [5, 5.41) is 27.4. The van der Waals surface area contributed by atoms with Crippen LogP contribution in [-0.4, -0.2) is 15.3 Å². The zero-order chi connectivity index (χ0) is 10.2. The predicted octanol–water partition coefficient (Wildman–Crippen LogP) is 2.05. The Labute approximate surface area is 82.6 Å². The molecule has 1 rings (SSSR count). The van der Waals surface area contributed by atoms with Gasteiger partial charge in [0.05, 0.1) is 16.1 Å². The van der Waals surface area contributed by atoms with Gasteiger partial charge in [-0.15, -0.1) is 0 Å². The average Bonchev–Trinajstić information content (AvgIpc) is 2.01. The van der Waals surface area contributed by atoms with E-state index in [4.69, 9.17) is 10.2 Å². The molecule has 0 radical (unpaired) electrons. The predicted molar refractivity (Wildman–Crippen MR) is 48.1 cm³/mol. The molecule has 13 heavy (non-hydrogen) atoms. The smallest absolute Gasteiger partial charge is 0.166 e. The van der Waals surface area contributed by atoms with E-state index >= 15 is 0 Å². The maximum absolute atomic E-state index is 13.2. The monoisotopic (exact) mass is 250 g/mol. The summed E-state index contributed by atoms with van der Waals surface area (Å²) < 4.78 is 13.2. The highest BCUT2D eigenvalue weighted by Gasteiger charge is 2.19.